The minimum Gasteiger partial charge on any atom is -0.347 e. The zero-order valence-electron chi connectivity index (χ0n) is 13.6. The molecule has 7 heteroatoms. The third-order valence-corrected chi connectivity index (χ3v) is 4.90. The predicted octanol–water partition coefficient (Wildman–Crippen LogP) is 3.78. The standard InChI is InChI=1S/C17H19BrN2O3S/c1-17(2,3)19-16(21)12-5-4-6-15(11-12)24(22,23)20-14-9-7-13(18)8-10-14/h4-11,20H,1-3H3,(H,19,21). The highest BCUT2D eigenvalue weighted by atomic mass is 79.9. The number of halogens is 1. The fourth-order valence-electron chi connectivity index (χ4n) is 1.95. The van der Waals surface area contributed by atoms with Crippen LogP contribution in [-0.4, -0.2) is 19.9 Å². The van der Waals surface area contributed by atoms with Crippen molar-refractivity contribution in [3.05, 3.63) is 58.6 Å². The van der Waals surface area contributed by atoms with Gasteiger partial charge in [0.15, 0.2) is 0 Å². The van der Waals surface area contributed by atoms with Gasteiger partial charge in [-0.2, -0.15) is 0 Å². The van der Waals surface area contributed by atoms with E-state index in [1.165, 1.54) is 12.1 Å². The quantitative estimate of drug-likeness (QED) is 0.804. The zero-order valence-corrected chi connectivity index (χ0v) is 16.0. The van der Waals surface area contributed by atoms with Gasteiger partial charge >= 0.3 is 0 Å². The molecule has 0 unspecified atom stereocenters. The predicted molar refractivity (Wildman–Crippen MR) is 98.6 cm³/mol. The van der Waals surface area contributed by atoms with E-state index in [0.717, 1.165) is 4.47 Å². The molecule has 2 aromatic carbocycles. The summed E-state index contributed by atoms with van der Waals surface area (Å²) in [7, 11) is -3.77. The van der Waals surface area contributed by atoms with E-state index < -0.39 is 15.6 Å². The van der Waals surface area contributed by atoms with Crippen molar-refractivity contribution in [2.75, 3.05) is 4.72 Å². The first kappa shape index (κ1) is 18.5. The number of anilines is 1. The topological polar surface area (TPSA) is 75.3 Å². The molecule has 24 heavy (non-hydrogen) atoms. The van der Waals surface area contributed by atoms with E-state index in [9.17, 15) is 13.2 Å². The van der Waals surface area contributed by atoms with Crippen LogP contribution in [0.2, 0.25) is 0 Å². The van der Waals surface area contributed by atoms with E-state index in [0.29, 0.717) is 11.3 Å². The summed E-state index contributed by atoms with van der Waals surface area (Å²) < 4.78 is 28.3. The fourth-order valence-corrected chi connectivity index (χ4v) is 3.32. The highest BCUT2D eigenvalue weighted by Gasteiger charge is 2.19. The molecule has 0 heterocycles. The van der Waals surface area contributed by atoms with Crippen LogP contribution in [0.3, 0.4) is 0 Å². The minimum absolute atomic E-state index is 0.0342. The number of carbonyl (C=O) groups excluding carboxylic acids is 1. The summed E-state index contributed by atoms with van der Waals surface area (Å²) in [6.45, 7) is 5.59. The summed E-state index contributed by atoms with van der Waals surface area (Å²) >= 11 is 3.30. The minimum atomic E-state index is -3.77. The van der Waals surface area contributed by atoms with Crippen LogP contribution < -0.4 is 10.0 Å². The van der Waals surface area contributed by atoms with E-state index in [1.807, 2.05) is 20.8 Å². The molecule has 0 saturated heterocycles. The molecule has 0 aromatic heterocycles. The lowest BCUT2D eigenvalue weighted by Gasteiger charge is -2.20. The third kappa shape index (κ3) is 5.07. The van der Waals surface area contributed by atoms with E-state index in [4.69, 9.17) is 0 Å². The van der Waals surface area contributed by atoms with Crippen molar-refractivity contribution in [1.82, 2.24) is 5.32 Å². The van der Waals surface area contributed by atoms with Crippen LogP contribution in [0.4, 0.5) is 5.69 Å². The van der Waals surface area contributed by atoms with Crippen LogP contribution in [-0.2, 0) is 10.0 Å². The van der Waals surface area contributed by atoms with Crippen molar-refractivity contribution in [3.63, 3.8) is 0 Å². The Labute approximate surface area is 150 Å². The maximum Gasteiger partial charge on any atom is 0.261 e. The normalized spacial score (nSPS) is 11.8. The number of hydrogen-bond acceptors (Lipinski definition) is 3. The molecule has 0 fully saturated rings. The lowest BCUT2D eigenvalue weighted by molar-refractivity contribution is 0.0919. The van der Waals surface area contributed by atoms with E-state index in [-0.39, 0.29) is 10.8 Å². The van der Waals surface area contributed by atoms with Gasteiger partial charge in [0.2, 0.25) is 0 Å². The van der Waals surface area contributed by atoms with Gasteiger partial charge in [0.1, 0.15) is 0 Å². The number of rotatable bonds is 4. The number of amides is 1. The summed E-state index contributed by atoms with van der Waals surface area (Å²) in [6.07, 6.45) is 0. The summed E-state index contributed by atoms with van der Waals surface area (Å²) in [5.41, 5.74) is 0.341. The van der Waals surface area contributed by atoms with Crippen molar-refractivity contribution in [2.45, 2.75) is 31.2 Å². The van der Waals surface area contributed by atoms with Gasteiger partial charge in [0.05, 0.1) is 4.90 Å². The second-order valence-corrected chi connectivity index (χ2v) is 8.94. The average molecular weight is 411 g/mol. The van der Waals surface area contributed by atoms with Crippen LogP contribution in [0.25, 0.3) is 0 Å². The summed E-state index contributed by atoms with van der Waals surface area (Å²) in [6, 6.07) is 12.7. The molecule has 0 radical (unpaired) electrons. The Morgan fingerprint density at radius 1 is 1.04 bits per heavy atom. The number of benzene rings is 2. The Morgan fingerprint density at radius 2 is 1.67 bits per heavy atom. The second kappa shape index (κ2) is 6.94. The second-order valence-electron chi connectivity index (χ2n) is 6.34. The first-order chi connectivity index (χ1) is 11.1. The van der Waals surface area contributed by atoms with Crippen LogP contribution in [0.5, 0.6) is 0 Å². The Morgan fingerprint density at radius 3 is 2.25 bits per heavy atom. The first-order valence-corrected chi connectivity index (χ1v) is 9.55. The maximum absolute atomic E-state index is 12.5. The van der Waals surface area contributed by atoms with Gasteiger partial charge in [0.25, 0.3) is 15.9 Å². The van der Waals surface area contributed by atoms with Crippen LogP contribution >= 0.6 is 15.9 Å². The first-order valence-electron chi connectivity index (χ1n) is 7.28. The highest BCUT2D eigenvalue weighted by molar-refractivity contribution is 9.10. The van der Waals surface area contributed by atoms with Gasteiger partial charge in [-0.25, -0.2) is 8.42 Å². The Bertz CT molecular complexity index is 841. The van der Waals surface area contributed by atoms with E-state index in [2.05, 4.69) is 26.0 Å². The van der Waals surface area contributed by atoms with Crippen LogP contribution in [0.15, 0.2) is 57.9 Å². The van der Waals surface area contributed by atoms with Crippen LogP contribution in [0, 0.1) is 0 Å². The summed E-state index contributed by atoms with van der Waals surface area (Å²) in [4.78, 5) is 12.2. The molecule has 0 aliphatic heterocycles. The molecular weight excluding hydrogens is 392 g/mol. The molecule has 0 aliphatic carbocycles. The molecule has 0 bridgehead atoms. The molecule has 2 rings (SSSR count). The molecule has 128 valence electrons. The molecule has 0 spiro atoms. The van der Waals surface area contributed by atoms with Crippen LogP contribution in [0.1, 0.15) is 31.1 Å². The van der Waals surface area contributed by atoms with Crippen molar-refractivity contribution < 1.29 is 13.2 Å². The lowest BCUT2D eigenvalue weighted by Crippen LogP contribution is -2.40. The smallest absolute Gasteiger partial charge is 0.261 e. The number of carbonyl (C=O) groups is 1. The zero-order chi connectivity index (χ0) is 18.0. The van der Waals surface area contributed by atoms with Gasteiger partial charge in [-0.1, -0.05) is 22.0 Å². The van der Waals surface area contributed by atoms with Gasteiger partial charge < -0.3 is 5.32 Å². The SMILES string of the molecule is CC(C)(C)NC(=O)c1cccc(S(=O)(=O)Nc2ccc(Br)cc2)c1. The molecule has 2 aromatic rings. The molecule has 0 aliphatic rings. The van der Waals surface area contributed by atoms with Crippen molar-refractivity contribution in [2.24, 2.45) is 0 Å². The average Bonchev–Trinajstić information content (AvgIpc) is 2.48. The van der Waals surface area contributed by atoms with E-state index >= 15 is 0 Å². The Hall–Kier alpha value is -1.86. The lowest BCUT2D eigenvalue weighted by atomic mass is 10.1. The van der Waals surface area contributed by atoms with Crippen molar-refractivity contribution in [3.8, 4) is 0 Å². The molecular formula is C17H19BrN2O3S. The van der Waals surface area contributed by atoms with Crippen molar-refractivity contribution in [1.29, 1.82) is 0 Å². The number of hydrogen-bond donors (Lipinski definition) is 2. The molecule has 0 saturated carbocycles. The van der Waals surface area contributed by atoms with Gasteiger partial charge in [-0.3, -0.25) is 9.52 Å². The molecule has 2 N–H and O–H groups in total. The molecule has 5 nitrogen and oxygen atoms in total. The van der Waals surface area contributed by atoms with Gasteiger partial charge in [0, 0.05) is 21.3 Å². The monoisotopic (exact) mass is 410 g/mol. The van der Waals surface area contributed by atoms with Gasteiger partial charge in [-0.05, 0) is 63.2 Å². The Kier molecular flexibility index (Phi) is 5.35. The van der Waals surface area contributed by atoms with Gasteiger partial charge in [-0.15, -0.1) is 0 Å². The summed E-state index contributed by atoms with van der Waals surface area (Å²) in [5.74, 6) is -0.316. The number of sulfonamides is 1. The third-order valence-electron chi connectivity index (χ3n) is 2.99. The highest BCUT2D eigenvalue weighted by Crippen LogP contribution is 2.19. The largest absolute Gasteiger partial charge is 0.347 e. The molecule has 0 atom stereocenters. The summed E-state index contributed by atoms with van der Waals surface area (Å²) in [5, 5.41) is 2.81. The molecule has 1 amide bonds. The van der Waals surface area contributed by atoms with E-state index in [1.54, 1.807) is 36.4 Å². The fraction of sp³-hybridized carbons (Fsp3) is 0.235. The van der Waals surface area contributed by atoms with Crippen molar-refractivity contribution >= 4 is 37.5 Å². The number of nitrogens with one attached hydrogen (secondary N) is 2. The Balaban J connectivity index is 2.26. The maximum atomic E-state index is 12.5.